The Kier molecular flexibility index (Phi) is 8.79. The summed E-state index contributed by atoms with van der Waals surface area (Å²) in [6.45, 7) is -0.0622. The number of hydrogen-bond donors (Lipinski definition) is 3. The summed E-state index contributed by atoms with van der Waals surface area (Å²) in [5.41, 5.74) is -6.32. The highest BCUT2D eigenvalue weighted by Crippen LogP contribution is 2.50. The van der Waals surface area contributed by atoms with Gasteiger partial charge >= 0.3 is 18.3 Å². The average Bonchev–Trinajstić information content (AvgIpc) is 2.85. The molecular weight excluding hydrogens is 586 g/mol. The lowest BCUT2D eigenvalue weighted by Gasteiger charge is -2.36. The zero-order chi connectivity index (χ0) is 31.0. The topological polar surface area (TPSA) is 141 Å². The maximum Gasteiger partial charge on any atom is 0.430 e. The minimum absolute atomic E-state index is 0.0400. The second-order valence-electron chi connectivity index (χ2n) is 9.39. The summed E-state index contributed by atoms with van der Waals surface area (Å²) in [5.74, 6) is -2.66. The molecule has 9 nitrogen and oxygen atoms in total. The number of rotatable bonds is 8. The first-order chi connectivity index (χ1) is 18.8. The number of carbonyl (C=O) groups is 3. The lowest BCUT2D eigenvalue weighted by atomic mass is 9.91. The van der Waals surface area contributed by atoms with Gasteiger partial charge in [-0.3, -0.25) is 14.4 Å². The molecular formula is C25H24F6N2O7S. The largest absolute Gasteiger partial charge is 0.481 e. The summed E-state index contributed by atoms with van der Waals surface area (Å²) in [6.07, 6.45) is -11.7. The first-order valence-electron chi connectivity index (χ1n) is 11.9. The van der Waals surface area contributed by atoms with E-state index in [0.717, 1.165) is 11.2 Å². The van der Waals surface area contributed by atoms with E-state index in [1.54, 1.807) is 0 Å². The van der Waals surface area contributed by atoms with Gasteiger partial charge in [0.15, 0.2) is 9.84 Å². The van der Waals surface area contributed by atoms with Crippen LogP contribution in [0.5, 0.6) is 0 Å². The summed E-state index contributed by atoms with van der Waals surface area (Å²) < 4.78 is 103. The number of amides is 2. The number of alkyl halides is 6. The molecule has 2 amide bonds. The van der Waals surface area contributed by atoms with Crippen LogP contribution in [0.25, 0.3) is 0 Å². The Bertz CT molecular complexity index is 1430. The van der Waals surface area contributed by atoms with Gasteiger partial charge in [-0.2, -0.15) is 26.3 Å². The normalized spacial score (nSPS) is 16.2. The third kappa shape index (κ3) is 6.64. The highest BCUT2D eigenvalue weighted by molar-refractivity contribution is 7.90. The molecule has 2 aromatic carbocycles. The van der Waals surface area contributed by atoms with Crippen LogP contribution in [0.4, 0.5) is 32.0 Å². The van der Waals surface area contributed by atoms with Crippen LogP contribution in [0.3, 0.4) is 0 Å². The Morgan fingerprint density at radius 3 is 2.07 bits per heavy atom. The predicted octanol–water partition coefficient (Wildman–Crippen LogP) is 3.72. The number of halogens is 6. The zero-order valence-corrected chi connectivity index (χ0v) is 22.0. The quantitative estimate of drug-likeness (QED) is 0.387. The molecule has 0 fully saturated rings. The highest BCUT2D eigenvalue weighted by Gasteiger charge is 2.71. The number of aliphatic carboxylic acids is 1. The fraction of sp³-hybridized carbons (Fsp3) is 0.400. The molecule has 1 heterocycles. The van der Waals surface area contributed by atoms with Crippen LogP contribution in [-0.4, -0.2) is 66.5 Å². The van der Waals surface area contributed by atoms with Crippen molar-refractivity contribution in [3.63, 3.8) is 0 Å². The number of carbonyl (C=O) groups excluding carboxylic acids is 2. The van der Waals surface area contributed by atoms with Gasteiger partial charge < -0.3 is 20.4 Å². The number of carboxylic acid groups (broad SMARTS) is 1. The maximum absolute atomic E-state index is 13.4. The van der Waals surface area contributed by atoms with E-state index in [1.807, 2.05) is 0 Å². The van der Waals surface area contributed by atoms with E-state index in [-0.39, 0.29) is 48.4 Å². The monoisotopic (exact) mass is 610 g/mol. The van der Waals surface area contributed by atoms with Crippen molar-refractivity contribution in [2.45, 2.75) is 54.6 Å². The number of aliphatic hydroxyl groups is 1. The number of sulfone groups is 1. The van der Waals surface area contributed by atoms with Crippen molar-refractivity contribution in [2.24, 2.45) is 0 Å². The van der Waals surface area contributed by atoms with Crippen molar-refractivity contribution in [2.75, 3.05) is 18.1 Å². The van der Waals surface area contributed by atoms with Crippen molar-refractivity contribution >= 4 is 33.3 Å². The van der Waals surface area contributed by atoms with Gasteiger partial charge in [0, 0.05) is 36.9 Å². The molecule has 1 aliphatic rings. The molecule has 0 saturated carbocycles. The summed E-state index contributed by atoms with van der Waals surface area (Å²) in [7, 11) is -3.63. The van der Waals surface area contributed by atoms with Gasteiger partial charge in [-0.05, 0) is 48.2 Å². The molecule has 16 heteroatoms. The van der Waals surface area contributed by atoms with E-state index in [2.05, 4.69) is 5.32 Å². The van der Waals surface area contributed by atoms with Crippen LogP contribution >= 0.6 is 0 Å². The fourth-order valence-electron chi connectivity index (χ4n) is 4.41. The van der Waals surface area contributed by atoms with E-state index in [4.69, 9.17) is 5.11 Å². The van der Waals surface area contributed by atoms with Gasteiger partial charge in [-0.25, -0.2) is 8.42 Å². The SMILES string of the molecule is CS(=O)(=O)c1ccc2c(c1)CCN(C(=O)CCCC(=O)O)C2C(=O)Nc1ccc(C(O)(C(F)(F)F)C(F)(F)F)cc1. The van der Waals surface area contributed by atoms with Crippen molar-refractivity contribution in [1.29, 1.82) is 0 Å². The molecule has 0 bridgehead atoms. The Morgan fingerprint density at radius 2 is 1.56 bits per heavy atom. The molecule has 3 rings (SSSR count). The first-order valence-corrected chi connectivity index (χ1v) is 13.8. The minimum Gasteiger partial charge on any atom is -0.481 e. The van der Waals surface area contributed by atoms with Gasteiger partial charge in [0.05, 0.1) is 4.90 Å². The highest BCUT2D eigenvalue weighted by atomic mass is 32.2. The van der Waals surface area contributed by atoms with Crippen molar-refractivity contribution < 1.29 is 59.4 Å². The van der Waals surface area contributed by atoms with Gasteiger partial charge in [0.1, 0.15) is 6.04 Å². The second-order valence-corrected chi connectivity index (χ2v) is 11.4. The molecule has 0 radical (unpaired) electrons. The summed E-state index contributed by atoms with van der Waals surface area (Å²) in [6, 6.07) is 4.61. The molecule has 0 aromatic heterocycles. The third-order valence-electron chi connectivity index (χ3n) is 6.51. The van der Waals surface area contributed by atoms with E-state index in [1.165, 1.54) is 18.2 Å². The molecule has 2 aromatic rings. The van der Waals surface area contributed by atoms with Gasteiger partial charge in [-0.1, -0.05) is 18.2 Å². The van der Waals surface area contributed by atoms with Crippen molar-refractivity contribution in [3.05, 3.63) is 59.2 Å². The van der Waals surface area contributed by atoms with Crippen LogP contribution in [0.2, 0.25) is 0 Å². The molecule has 224 valence electrons. The Hall–Kier alpha value is -3.66. The summed E-state index contributed by atoms with van der Waals surface area (Å²) in [5, 5.41) is 20.7. The van der Waals surface area contributed by atoms with E-state index in [9.17, 15) is 54.3 Å². The maximum atomic E-state index is 13.4. The molecule has 3 N–H and O–H groups in total. The van der Waals surface area contributed by atoms with Gasteiger partial charge in [-0.15, -0.1) is 0 Å². The van der Waals surface area contributed by atoms with Crippen molar-refractivity contribution in [3.8, 4) is 0 Å². The number of nitrogens with zero attached hydrogens (tertiary/aromatic N) is 1. The van der Waals surface area contributed by atoms with Gasteiger partial charge in [0.25, 0.3) is 11.5 Å². The average molecular weight is 611 g/mol. The number of carboxylic acids is 1. The van der Waals surface area contributed by atoms with Crippen LogP contribution < -0.4 is 5.32 Å². The number of nitrogens with one attached hydrogen (secondary N) is 1. The third-order valence-corrected chi connectivity index (χ3v) is 7.62. The minimum atomic E-state index is -6.10. The van der Waals surface area contributed by atoms with E-state index in [0.29, 0.717) is 29.8 Å². The molecule has 41 heavy (non-hydrogen) atoms. The van der Waals surface area contributed by atoms with Crippen LogP contribution in [0, 0.1) is 0 Å². The summed E-state index contributed by atoms with van der Waals surface area (Å²) in [4.78, 5) is 38.2. The summed E-state index contributed by atoms with van der Waals surface area (Å²) >= 11 is 0. The number of anilines is 1. The lowest BCUT2D eigenvalue weighted by molar-refractivity contribution is -0.376. The standard InChI is InChI=1S/C25H24F6N2O7S/c1-41(39,40)17-9-10-18-14(13-17)11-12-33(19(34)3-2-4-20(35)36)21(18)22(37)32-16-7-5-15(6-8-16)23(38,24(26,27)28)25(29,30)31/h5-10,13,21,38H,2-4,11-12H2,1H3,(H,32,37)(H,35,36). The van der Waals surface area contributed by atoms with Crippen LogP contribution in [-0.2, 0) is 36.2 Å². The smallest absolute Gasteiger partial charge is 0.430 e. The Labute approximate surface area is 229 Å². The molecule has 0 aliphatic carbocycles. The number of hydrogen-bond acceptors (Lipinski definition) is 6. The Morgan fingerprint density at radius 1 is 0.976 bits per heavy atom. The fourth-order valence-corrected chi connectivity index (χ4v) is 5.08. The van der Waals surface area contributed by atoms with Crippen LogP contribution in [0.15, 0.2) is 47.4 Å². The first kappa shape index (κ1) is 31.9. The van der Waals surface area contributed by atoms with E-state index < -0.39 is 57.2 Å². The zero-order valence-electron chi connectivity index (χ0n) is 21.2. The molecule has 0 saturated heterocycles. The Balaban J connectivity index is 1.96. The lowest BCUT2D eigenvalue weighted by Crippen LogP contribution is -2.53. The predicted molar refractivity (Wildman–Crippen MR) is 130 cm³/mol. The van der Waals surface area contributed by atoms with Crippen LogP contribution in [0.1, 0.15) is 42.0 Å². The number of fused-ring (bicyclic) bond motifs is 1. The number of benzene rings is 2. The molecule has 1 aliphatic heterocycles. The van der Waals surface area contributed by atoms with Gasteiger partial charge in [0.2, 0.25) is 5.91 Å². The molecule has 1 atom stereocenters. The van der Waals surface area contributed by atoms with E-state index >= 15 is 0 Å². The van der Waals surface area contributed by atoms with Crippen molar-refractivity contribution in [1.82, 2.24) is 4.90 Å². The molecule has 0 spiro atoms. The molecule has 1 unspecified atom stereocenters. The second kappa shape index (κ2) is 11.3.